The summed E-state index contributed by atoms with van der Waals surface area (Å²) in [6, 6.07) is 15.8. The minimum Gasteiger partial charge on any atom is -0.452 e. The van der Waals surface area contributed by atoms with Crippen LogP contribution in [-0.2, 0) is 19.6 Å². The number of hydrogen-bond donors (Lipinski definition) is 1. The van der Waals surface area contributed by atoms with Crippen LogP contribution in [0.2, 0.25) is 0 Å². The first-order valence-corrected chi connectivity index (χ1v) is 12.7. The predicted octanol–water partition coefficient (Wildman–Crippen LogP) is 2.41. The van der Waals surface area contributed by atoms with Crippen LogP contribution in [0, 0.1) is 0 Å². The quantitative estimate of drug-likeness (QED) is 0.623. The SMILES string of the molecule is O=C(COC(=O)c1cccc(S(=O)(=O)N2CCN(c3ccccc3)CC2)c1)NC1CCCC1. The van der Waals surface area contributed by atoms with E-state index in [4.69, 9.17) is 4.74 Å². The van der Waals surface area contributed by atoms with Gasteiger partial charge in [0.25, 0.3) is 5.91 Å². The van der Waals surface area contributed by atoms with E-state index in [-0.39, 0.29) is 29.0 Å². The average molecular weight is 472 g/mol. The molecule has 2 fully saturated rings. The van der Waals surface area contributed by atoms with Gasteiger partial charge in [-0.15, -0.1) is 0 Å². The number of nitrogens with zero attached hydrogens (tertiary/aromatic N) is 2. The molecule has 2 aromatic rings. The second-order valence-corrected chi connectivity index (χ2v) is 10.3. The minimum atomic E-state index is -3.75. The second-order valence-electron chi connectivity index (χ2n) is 8.38. The van der Waals surface area contributed by atoms with Gasteiger partial charge in [0.2, 0.25) is 10.0 Å². The highest BCUT2D eigenvalue weighted by atomic mass is 32.2. The lowest BCUT2D eigenvalue weighted by molar-refractivity contribution is -0.124. The summed E-state index contributed by atoms with van der Waals surface area (Å²) < 4.78 is 32.9. The van der Waals surface area contributed by atoms with Gasteiger partial charge >= 0.3 is 5.97 Å². The number of amides is 1. The Kier molecular flexibility index (Phi) is 7.29. The van der Waals surface area contributed by atoms with Crippen LogP contribution in [0.15, 0.2) is 59.5 Å². The number of sulfonamides is 1. The third-order valence-electron chi connectivity index (χ3n) is 6.12. The summed E-state index contributed by atoms with van der Waals surface area (Å²) in [5.41, 5.74) is 1.17. The Morgan fingerprint density at radius 3 is 2.33 bits per heavy atom. The summed E-state index contributed by atoms with van der Waals surface area (Å²) in [4.78, 5) is 26.6. The highest BCUT2D eigenvalue weighted by Crippen LogP contribution is 2.22. The molecule has 1 aliphatic heterocycles. The van der Waals surface area contributed by atoms with Crippen molar-refractivity contribution in [1.82, 2.24) is 9.62 Å². The molecule has 1 saturated heterocycles. The zero-order chi connectivity index (χ0) is 23.3. The highest BCUT2D eigenvalue weighted by Gasteiger charge is 2.29. The summed E-state index contributed by atoms with van der Waals surface area (Å²) >= 11 is 0. The maximum atomic E-state index is 13.2. The molecule has 33 heavy (non-hydrogen) atoms. The number of rotatable bonds is 7. The van der Waals surface area contributed by atoms with E-state index in [2.05, 4.69) is 10.2 Å². The molecule has 0 spiro atoms. The normalized spacial score (nSPS) is 17.6. The number of hydrogen-bond acceptors (Lipinski definition) is 6. The molecular weight excluding hydrogens is 442 g/mol. The van der Waals surface area contributed by atoms with Gasteiger partial charge in [-0.1, -0.05) is 37.1 Å². The van der Waals surface area contributed by atoms with E-state index in [0.717, 1.165) is 31.4 Å². The van der Waals surface area contributed by atoms with E-state index >= 15 is 0 Å². The van der Waals surface area contributed by atoms with Crippen molar-refractivity contribution in [3.05, 3.63) is 60.2 Å². The van der Waals surface area contributed by atoms with Crippen molar-refractivity contribution >= 4 is 27.6 Å². The Hall–Kier alpha value is -2.91. The number of anilines is 1. The van der Waals surface area contributed by atoms with Gasteiger partial charge in [-0.05, 0) is 43.2 Å². The molecule has 1 heterocycles. The summed E-state index contributed by atoms with van der Waals surface area (Å²) in [5, 5.41) is 2.86. The smallest absolute Gasteiger partial charge is 0.338 e. The van der Waals surface area contributed by atoms with Crippen LogP contribution < -0.4 is 10.2 Å². The minimum absolute atomic E-state index is 0.0421. The first-order valence-electron chi connectivity index (χ1n) is 11.3. The fraction of sp³-hybridized carbons (Fsp3) is 0.417. The molecule has 0 aromatic heterocycles. The van der Waals surface area contributed by atoms with Gasteiger partial charge in [0.15, 0.2) is 6.61 Å². The molecule has 1 aliphatic carbocycles. The Morgan fingerprint density at radius 1 is 0.939 bits per heavy atom. The number of carbonyl (C=O) groups excluding carboxylic acids is 2. The number of carbonyl (C=O) groups is 2. The molecule has 9 heteroatoms. The van der Waals surface area contributed by atoms with Gasteiger partial charge in [0, 0.05) is 37.9 Å². The van der Waals surface area contributed by atoms with Gasteiger partial charge in [-0.3, -0.25) is 4.79 Å². The lowest BCUT2D eigenvalue weighted by atomic mass is 10.2. The van der Waals surface area contributed by atoms with E-state index in [1.54, 1.807) is 0 Å². The van der Waals surface area contributed by atoms with Crippen molar-refractivity contribution in [3.63, 3.8) is 0 Å². The summed E-state index contributed by atoms with van der Waals surface area (Å²) in [5.74, 6) is -1.06. The first kappa shape index (κ1) is 23.3. The lowest BCUT2D eigenvalue weighted by Crippen LogP contribution is -2.48. The summed E-state index contributed by atoms with van der Waals surface area (Å²) in [7, 11) is -3.75. The summed E-state index contributed by atoms with van der Waals surface area (Å²) in [6.45, 7) is 1.50. The van der Waals surface area contributed by atoms with E-state index in [0.29, 0.717) is 26.2 Å². The lowest BCUT2D eigenvalue weighted by Gasteiger charge is -2.35. The van der Waals surface area contributed by atoms with Crippen molar-refractivity contribution in [2.45, 2.75) is 36.6 Å². The van der Waals surface area contributed by atoms with E-state index in [9.17, 15) is 18.0 Å². The molecule has 0 atom stereocenters. The number of nitrogens with one attached hydrogen (secondary N) is 1. The molecule has 4 rings (SSSR count). The number of para-hydroxylation sites is 1. The van der Waals surface area contributed by atoms with Crippen LogP contribution in [0.5, 0.6) is 0 Å². The first-order chi connectivity index (χ1) is 15.9. The zero-order valence-electron chi connectivity index (χ0n) is 18.5. The fourth-order valence-corrected chi connectivity index (χ4v) is 5.78. The van der Waals surface area contributed by atoms with Crippen molar-refractivity contribution < 1.29 is 22.7 Å². The van der Waals surface area contributed by atoms with Crippen LogP contribution in [0.4, 0.5) is 5.69 Å². The number of benzene rings is 2. The largest absolute Gasteiger partial charge is 0.452 e. The number of piperazine rings is 1. The van der Waals surface area contributed by atoms with Gasteiger partial charge in [-0.25, -0.2) is 13.2 Å². The van der Waals surface area contributed by atoms with Crippen molar-refractivity contribution in [2.75, 3.05) is 37.7 Å². The van der Waals surface area contributed by atoms with Crippen LogP contribution >= 0.6 is 0 Å². The van der Waals surface area contributed by atoms with Crippen LogP contribution in [0.25, 0.3) is 0 Å². The Labute approximate surface area is 194 Å². The Morgan fingerprint density at radius 2 is 1.64 bits per heavy atom. The van der Waals surface area contributed by atoms with Gasteiger partial charge in [0.1, 0.15) is 0 Å². The van der Waals surface area contributed by atoms with Crippen LogP contribution in [-0.4, -0.2) is 63.4 Å². The number of esters is 1. The fourth-order valence-electron chi connectivity index (χ4n) is 4.31. The Bertz CT molecular complexity index is 1080. The van der Waals surface area contributed by atoms with Crippen molar-refractivity contribution in [2.24, 2.45) is 0 Å². The number of ether oxygens (including phenoxy) is 1. The van der Waals surface area contributed by atoms with Crippen molar-refractivity contribution in [3.8, 4) is 0 Å². The molecule has 0 bridgehead atoms. The monoisotopic (exact) mass is 471 g/mol. The molecule has 2 aromatic carbocycles. The van der Waals surface area contributed by atoms with Crippen LogP contribution in [0.1, 0.15) is 36.0 Å². The summed E-state index contributed by atoms with van der Waals surface area (Å²) in [6.07, 6.45) is 4.07. The van der Waals surface area contributed by atoms with E-state index in [1.807, 2.05) is 30.3 Å². The Balaban J connectivity index is 1.35. The van der Waals surface area contributed by atoms with Gasteiger partial charge in [-0.2, -0.15) is 4.31 Å². The third kappa shape index (κ3) is 5.72. The van der Waals surface area contributed by atoms with E-state index in [1.165, 1.54) is 28.6 Å². The van der Waals surface area contributed by atoms with Crippen LogP contribution in [0.3, 0.4) is 0 Å². The standard InChI is InChI=1S/C24H29N3O5S/c28-23(25-20-8-4-5-9-20)18-32-24(29)19-7-6-12-22(17-19)33(30,31)27-15-13-26(14-16-27)21-10-2-1-3-11-21/h1-3,6-7,10-12,17,20H,4-5,8-9,13-16,18H2,(H,25,28). The molecule has 0 unspecified atom stereocenters. The molecular formula is C24H29N3O5S. The van der Waals surface area contributed by atoms with Gasteiger partial charge in [0.05, 0.1) is 10.5 Å². The third-order valence-corrected chi connectivity index (χ3v) is 8.02. The average Bonchev–Trinajstić information content (AvgIpc) is 3.36. The maximum Gasteiger partial charge on any atom is 0.338 e. The molecule has 2 aliphatic rings. The van der Waals surface area contributed by atoms with Crippen molar-refractivity contribution in [1.29, 1.82) is 0 Å². The maximum absolute atomic E-state index is 13.2. The topological polar surface area (TPSA) is 96.0 Å². The molecule has 1 N–H and O–H groups in total. The molecule has 8 nitrogen and oxygen atoms in total. The zero-order valence-corrected chi connectivity index (χ0v) is 19.3. The highest BCUT2D eigenvalue weighted by molar-refractivity contribution is 7.89. The molecule has 1 amide bonds. The molecule has 0 radical (unpaired) electrons. The van der Waals surface area contributed by atoms with E-state index < -0.39 is 16.0 Å². The second kappa shape index (κ2) is 10.4. The predicted molar refractivity (Wildman–Crippen MR) is 125 cm³/mol. The molecule has 176 valence electrons. The van der Waals surface area contributed by atoms with Gasteiger partial charge < -0.3 is 15.0 Å². The molecule has 1 saturated carbocycles.